The molecule has 32 heavy (non-hydrogen) atoms. The van der Waals surface area contributed by atoms with Crippen LogP contribution in [0.1, 0.15) is 33.6 Å². The van der Waals surface area contributed by atoms with Gasteiger partial charge in [-0.05, 0) is 86.5 Å². The van der Waals surface area contributed by atoms with Crippen molar-refractivity contribution in [3.63, 3.8) is 0 Å². The largest absolute Gasteiger partial charge is 0.318 e. The van der Waals surface area contributed by atoms with Gasteiger partial charge in [0.05, 0.1) is 11.4 Å². The predicted octanol–water partition coefficient (Wildman–Crippen LogP) is 6.74. The number of hydrogen-bond donors (Lipinski definition) is 0. The van der Waals surface area contributed by atoms with Crippen LogP contribution in [0.3, 0.4) is 0 Å². The van der Waals surface area contributed by atoms with Crippen molar-refractivity contribution in [1.29, 1.82) is 0 Å². The maximum absolute atomic E-state index is 14.2. The number of benzene rings is 2. The van der Waals surface area contributed by atoms with Crippen LogP contribution in [-0.2, 0) is 11.3 Å². The van der Waals surface area contributed by atoms with Crippen molar-refractivity contribution in [2.75, 3.05) is 0 Å². The summed E-state index contributed by atoms with van der Waals surface area (Å²) in [4.78, 5) is 26.8. The number of amides is 2. The van der Waals surface area contributed by atoms with E-state index < -0.39 is 17.0 Å². The lowest BCUT2D eigenvalue weighted by Gasteiger charge is -2.14. The predicted molar refractivity (Wildman–Crippen MR) is 128 cm³/mol. The molecule has 7 heteroatoms. The van der Waals surface area contributed by atoms with Crippen LogP contribution < -0.4 is 0 Å². The minimum Gasteiger partial charge on any atom is -0.318 e. The SMILES string of the molecule is Cc1cccc(-n2c(C)cc(/C=C3\SC(=O)N(Cc4c(F)cccc4Cl)C3=O)c2C)c1C. The Morgan fingerprint density at radius 3 is 2.50 bits per heavy atom. The van der Waals surface area contributed by atoms with Gasteiger partial charge in [-0.25, -0.2) is 4.39 Å². The Hall–Kier alpha value is -2.83. The van der Waals surface area contributed by atoms with E-state index in [0.717, 1.165) is 39.3 Å². The van der Waals surface area contributed by atoms with E-state index in [1.807, 2.05) is 26.0 Å². The van der Waals surface area contributed by atoms with E-state index in [2.05, 4.69) is 30.5 Å². The van der Waals surface area contributed by atoms with Crippen LogP contribution >= 0.6 is 23.4 Å². The second kappa shape index (κ2) is 8.60. The molecular weight excluding hydrogens is 447 g/mol. The first-order valence-electron chi connectivity index (χ1n) is 10.1. The minimum atomic E-state index is -0.544. The third-order valence-corrected chi connectivity index (χ3v) is 7.09. The summed E-state index contributed by atoms with van der Waals surface area (Å²) >= 11 is 6.94. The molecule has 0 spiro atoms. The number of aromatic nitrogens is 1. The molecule has 2 aromatic carbocycles. The minimum absolute atomic E-state index is 0.130. The maximum atomic E-state index is 14.2. The molecule has 1 aromatic heterocycles. The first kappa shape index (κ1) is 22.4. The van der Waals surface area contributed by atoms with Gasteiger partial charge in [0.2, 0.25) is 0 Å². The molecule has 164 valence electrons. The van der Waals surface area contributed by atoms with Crippen LogP contribution in [0.4, 0.5) is 9.18 Å². The topological polar surface area (TPSA) is 42.3 Å². The van der Waals surface area contributed by atoms with Crippen LogP contribution in [0.5, 0.6) is 0 Å². The Morgan fingerprint density at radius 1 is 1.06 bits per heavy atom. The molecule has 1 aliphatic heterocycles. The monoisotopic (exact) mass is 468 g/mol. The number of thioether (sulfide) groups is 1. The smallest absolute Gasteiger partial charge is 0.293 e. The number of aryl methyl sites for hydroxylation is 2. The van der Waals surface area contributed by atoms with Crippen LogP contribution in [0, 0.1) is 33.5 Å². The Bertz CT molecular complexity index is 1280. The summed E-state index contributed by atoms with van der Waals surface area (Å²) in [6.07, 6.45) is 1.73. The summed E-state index contributed by atoms with van der Waals surface area (Å²) in [5, 5.41) is -0.256. The highest BCUT2D eigenvalue weighted by molar-refractivity contribution is 8.18. The standard InChI is InChI=1S/C25H22ClFN2O2S/c1-14-7-5-10-22(16(14)3)29-15(2)11-18(17(29)4)12-23-24(30)28(25(31)32-23)13-19-20(26)8-6-9-21(19)27/h5-12H,13H2,1-4H3/b23-12-. The summed E-state index contributed by atoms with van der Waals surface area (Å²) < 4.78 is 16.3. The van der Waals surface area contributed by atoms with Gasteiger partial charge in [-0.15, -0.1) is 0 Å². The number of imide groups is 1. The summed E-state index contributed by atoms with van der Waals surface area (Å²) in [5.74, 6) is -0.992. The van der Waals surface area contributed by atoms with Gasteiger partial charge in [-0.2, -0.15) is 0 Å². The first-order valence-corrected chi connectivity index (χ1v) is 11.3. The quantitative estimate of drug-likeness (QED) is 0.398. The van der Waals surface area contributed by atoms with Gasteiger partial charge in [0.1, 0.15) is 5.82 Å². The van der Waals surface area contributed by atoms with Gasteiger partial charge in [0.25, 0.3) is 11.1 Å². The van der Waals surface area contributed by atoms with Crippen molar-refractivity contribution in [1.82, 2.24) is 9.47 Å². The van der Waals surface area contributed by atoms with Gasteiger partial charge in [-0.3, -0.25) is 14.5 Å². The van der Waals surface area contributed by atoms with Gasteiger partial charge < -0.3 is 4.57 Å². The molecule has 0 aliphatic carbocycles. The summed E-state index contributed by atoms with van der Waals surface area (Å²) in [7, 11) is 0. The zero-order valence-corrected chi connectivity index (χ0v) is 19.8. The Morgan fingerprint density at radius 2 is 1.78 bits per heavy atom. The van der Waals surface area contributed by atoms with E-state index in [0.29, 0.717) is 4.91 Å². The number of halogens is 2. The van der Waals surface area contributed by atoms with E-state index in [1.54, 1.807) is 6.08 Å². The fraction of sp³-hybridized carbons (Fsp3) is 0.200. The van der Waals surface area contributed by atoms with Gasteiger partial charge in [-0.1, -0.05) is 29.8 Å². The van der Waals surface area contributed by atoms with Gasteiger partial charge in [0, 0.05) is 27.7 Å². The molecular formula is C25H22ClFN2O2S. The van der Waals surface area contributed by atoms with Crippen molar-refractivity contribution in [3.8, 4) is 5.69 Å². The van der Waals surface area contributed by atoms with Gasteiger partial charge >= 0.3 is 0 Å². The molecule has 2 amide bonds. The van der Waals surface area contributed by atoms with E-state index in [-0.39, 0.29) is 17.1 Å². The lowest BCUT2D eigenvalue weighted by Crippen LogP contribution is -2.28. The van der Waals surface area contributed by atoms with E-state index in [4.69, 9.17) is 11.6 Å². The van der Waals surface area contributed by atoms with E-state index in [1.165, 1.54) is 29.3 Å². The average molecular weight is 469 g/mol. The average Bonchev–Trinajstić information content (AvgIpc) is 3.16. The molecule has 1 fully saturated rings. The summed E-state index contributed by atoms with van der Waals surface area (Å²) in [5.41, 5.74) is 6.46. The lowest BCUT2D eigenvalue weighted by atomic mass is 10.1. The molecule has 0 radical (unpaired) electrons. The summed E-state index contributed by atoms with van der Waals surface area (Å²) in [6, 6.07) is 12.5. The highest BCUT2D eigenvalue weighted by Gasteiger charge is 2.36. The molecule has 3 aromatic rings. The number of hydrogen-bond acceptors (Lipinski definition) is 3. The number of carbonyl (C=O) groups excluding carboxylic acids is 2. The zero-order valence-electron chi connectivity index (χ0n) is 18.2. The fourth-order valence-corrected chi connectivity index (χ4v) is 4.95. The van der Waals surface area contributed by atoms with Crippen LogP contribution in [0.2, 0.25) is 5.02 Å². The highest BCUT2D eigenvalue weighted by Crippen LogP contribution is 2.36. The zero-order chi connectivity index (χ0) is 23.2. The molecule has 2 heterocycles. The van der Waals surface area contributed by atoms with Crippen LogP contribution in [0.15, 0.2) is 47.4 Å². The lowest BCUT2D eigenvalue weighted by molar-refractivity contribution is -0.123. The normalized spacial score (nSPS) is 15.3. The highest BCUT2D eigenvalue weighted by atomic mass is 35.5. The fourth-order valence-electron chi connectivity index (χ4n) is 3.90. The van der Waals surface area contributed by atoms with Crippen molar-refractivity contribution in [3.05, 3.63) is 91.9 Å². The van der Waals surface area contributed by atoms with Gasteiger partial charge in [0.15, 0.2) is 0 Å². The van der Waals surface area contributed by atoms with Crippen molar-refractivity contribution < 1.29 is 14.0 Å². The number of carbonyl (C=O) groups is 2. The van der Waals surface area contributed by atoms with E-state index >= 15 is 0 Å². The molecule has 0 atom stereocenters. The molecule has 0 saturated carbocycles. The van der Waals surface area contributed by atoms with Crippen molar-refractivity contribution >= 4 is 40.6 Å². The Labute approximate surface area is 195 Å². The Kier molecular flexibility index (Phi) is 6.01. The summed E-state index contributed by atoms with van der Waals surface area (Å²) in [6.45, 7) is 7.96. The molecule has 0 N–H and O–H groups in total. The number of nitrogens with zero attached hydrogens (tertiary/aromatic N) is 2. The van der Waals surface area contributed by atoms with Crippen LogP contribution in [0.25, 0.3) is 11.8 Å². The second-order valence-electron chi connectivity index (χ2n) is 7.85. The van der Waals surface area contributed by atoms with Crippen molar-refractivity contribution in [2.24, 2.45) is 0 Å². The second-order valence-corrected chi connectivity index (χ2v) is 9.25. The molecule has 1 saturated heterocycles. The third kappa shape index (κ3) is 3.89. The number of rotatable bonds is 4. The molecule has 0 bridgehead atoms. The first-order chi connectivity index (χ1) is 15.2. The van der Waals surface area contributed by atoms with Crippen molar-refractivity contribution in [2.45, 2.75) is 34.2 Å². The molecule has 4 nitrogen and oxygen atoms in total. The molecule has 4 rings (SSSR count). The third-order valence-electron chi connectivity index (χ3n) is 5.83. The van der Waals surface area contributed by atoms with E-state index in [9.17, 15) is 14.0 Å². The Balaban J connectivity index is 1.68. The molecule has 1 aliphatic rings. The van der Waals surface area contributed by atoms with Crippen LogP contribution in [-0.4, -0.2) is 20.6 Å². The maximum Gasteiger partial charge on any atom is 0.293 e. The molecule has 0 unspecified atom stereocenters.